The first-order valence-corrected chi connectivity index (χ1v) is 9.03. The van der Waals surface area contributed by atoms with E-state index in [1.807, 2.05) is 45.0 Å². The largest absolute Gasteiger partial charge is 0.497 e. The molecular formula is C22H25N3O3. The van der Waals surface area contributed by atoms with Crippen molar-refractivity contribution in [2.75, 3.05) is 19.0 Å². The molecule has 1 atom stereocenters. The minimum Gasteiger partial charge on any atom is -0.497 e. The summed E-state index contributed by atoms with van der Waals surface area (Å²) in [7, 11) is 1.57. The van der Waals surface area contributed by atoms with E-state index in [1.165, 1.54) is 6.20 Å². The molecule has 2 aromatic carbocycles. The first-order chi connectivity index (χ1) is 13.5. The van der Waals surface area contributed by atoms with Crippen LogP contribution in [-0.2, 0) is 4.79 Å². The van der Waals surface area contributed by atoms with Gasteiger partial charge in [0, 0.05) is 17.5 Å². The number of nitriles is 1. The molecule has 0 aliphatic heterocycles. The van der Waals surface area contributed by atoms with E-state index in [9.17, 15) is 10.1 Å². The summed E-state index contributed by atoms with van der Waals surface area (Å²) < 4.78 is 10.8. The zero-order chi connectivity index (χ0) is 20.5. The van der Waals surface area contributed by atoms with E-state index in [4.69, 9.17) is 9.47 Å². The van der Waals surface area contributed by atoms with Crippen LogP contribution in [0.3, 0.4) is 0 Å². The maximum absolute atomic E-state index is 12.4. The zero-order valence-corrected chi connectivity index (χ0v) is 16.6. The Morgan fingerprint density at radius 1 is 1.25 bits per heavy atom. The highest BCUT2D eigenvalue weighted by molar-refractivity contribution is 6.06. The average Bonchev–Trinajstić information content (AvgIpc) is 2.70. The lowest BCUT2D eigenvalue weighted by Gasteiger charge is -2.18. The van der Waals surface area contributed by atoms with Gasteiger partial charge in [-0.2, -0.15) is 5.26 Å². The van der Waals surface area contributed by atoms with Crippen LogP contribution in [0.2, 0.25) is 0 Å². The van der Waals surface area contributed by atoms with Crippen molar-refractivity contribution in [2.24, 2.45) is 0 Å². The Balaban J connectivity index is 2.10. The first kappa shape index (κ1) is 20.8. The minimum atomic E-state index is -0.485. The van der Waals surface area contributed by atoms with Crippen LogP contribution >= 0.6 is 0 Å². The molecule has 6 nitrogen and oxygen atoms in total. The van der Waals surface area contributed by atoms with Crippen LogP contribution in [0.1, 0.15) is 31.0 Å². The number of nitrogens with one attached hydrogen (secondary N) is 2. The molecule has 0 fully saturated rings. The van der Waals surface area contributed by atoms with Gasteiger partial charge in [-0.05, 0) is 51.1 Å². The molecule has 1 unspecified atom stereocenters. The van der Waals surface area contributed by atoms with Crippen LogP contribution in [0.15, 0.2) is 54.2 Å². The number of amides is 1. The number of rotatable bonds is 8. The number of methoxy groups -OCH3 is 1. The summed E-state index contributed by atoms with van der Waals surface area (Å²) in [4.78, 5) is 12.4. The molecule has 2 aromatic rings. The lowest BCUT2D eigenvalue weighted by Crippen LogP contribution is -2.19. The lowest BCUT2D eigenvalue weighted by molar-refractivity contribution is -0.112. The highest BCUT2D eigenvalue weighted by Gasteiger charge is 2.13. The highest BCUT2D eigenvalue weighted by atomic mass is 16.5. The molecule has 0 saturated heterocycles. The number of hydrogen-bond donors (Lipinski definition) is 2. The van der Waals surface area contributed by atoms with E-state index in [0.29, 0.717) is 18.0 Å². The molecule has 0 aromatic heterocycles. The van der Waals surface area contributed by atoms with Crippen molar-refractivity contribution in [3.8, 4) is 17.6 Å². The van der Waals surface area contributed by atoms with Gasteiger partial charge in [-0.15, -0.1) is 0 Å². The Bertz CT molecular complexity index is 883. The maximum atomic E-state index is 12.4. The number of anilines is 1. The van der Waals surface area contributed by atoms with Gasteiger partial charge >= 0.3 is 0 Å². The quantitative estimate of drug-likeness (QED) is 0.533. The van der Waals surface area contributed by atoms with Gasteiger partial charge in [0.15, 0.2) is 0 Å². The fourth-order valence-corrected chi connectivity index (χ4v) is 2.61. The Morgan fingerprint density at radius 2 is 1.96 bits per heavy atom. The fourth-order valence-electron chi connectivity index (χ4n) is 2.61. The van der Waals surface area contributed by atoms with E-state index < -0.39 is 5.91 Å². The van der Waals surface area contributed by atoms with Crippen LogP contribution in [0.25, 0.3) is 0 Å². The number of ether oxygens (including phenoxy) is 2. The van der Waals surface area contributed by atoms with E-state index in [0.717, 1.165) is 16.9 Å². The van der Waals surface area contributed by atoms with Crippen molar-refractivity contribution >= 4 is 11.6 Å². The number of aryl methyl sites for hydroxylation is 1. The van der Waals surface area contributed by atoms with Crippen molar-refractivity contribution < 1.29 is 14.3 Å². The minimum absolute atomic E-state index is 0.0201. The Labute approximate surface area is 165 Å². The number of nitrogens with zero attached hydrogens (tertiary/aromatic N) is 1. The maximum Gasteiger partial charge on any atom is 0.267 e. The molecule has 1 amide bonds. The molecule has 2 N–H and O–H groups in total. The molecule has 28 heavy (non-hydrogen) atoms. The second-order valence-corrected chi connectivity index (χ2v) is 6.22. The van der Waals surface area contributed by atoms with Gasteiger partial charge in [0.1, 0.15) is 23.1 Å². The second-order valence-electron chi connectivity index (χ2n) is 6.22. The molecule has 0 aliphatic rings. The second kappa shape index (κ2) is 10.0. The van der Waals surface area contributed by atoms with E-state index in [2.05, 4.69) is 10.6 Å². The van der Waals surface area contributed by atoms with E-state index >= 15 is 0 Å². The molecule has 0 aliphatic carbocycles. The third-order valence-electron chi connectivity index (χ3n) is 4.12. The highest BCUT2D eigenvalue weighted by Crippen LogP contribution is 2.26. The monoisotopic (exact) mass is 379 g/mol. The van der Waals surface area contributed by atoms with Gasteiger partial charge in [0.05, 0.1) is 19.8 Å². The van der Waals surface area contributed by atoms with Gasteiger partial charge in [-0.1, -0.05) is 17.7 Å². The molecule has 0 saturated carbocycles. The molecule has 2 rings (SSSR count). The molecule has 0 radical (unpaired) electrons. The predicted molar refractivity (Wildman–Crippen MR) is 109 cm³/mol. The summed E-state index contributed by atoms with van der Waals surface area (Å²) in [5.74, 6) is 0.983. The van der Waals surface area contributed by atoms with Crippen LogP contribution in [0.4, 0.5) is 5.69 Å². The van der Waals surface area contributed by atoms with Crippen LogP contribution in [0.5, 0.6) is 11.5 Å². The third kappa shape index (κ3) is 5.52. The predicted octanol–water partition coefficient (Wildman–Crippen LogP) is 4.10. The standard InChI is InChI=1S/C22H25N3O3/c1-5-28-21-11-6-15(2)12-20(21)16(3)24-14-17(13-23)22(26)25-18-7-9-19(27-4)10-8-18/h6-12,14,16,24H,5H2,1-4H3,(H,25,26)/b17-14-. The van der Waals surface area contributed by atoms with Gasteiger partial charge in [0.2, 0.25) is 0 Å². The van der Waals surface area contributed by atoms with Crippen molar-refractivity contribution in [3.63, 3.8) is 0 Å². The lowest BCUT2D eigenvalue weighted by atomic mass is 10.0. The van der Waals surface area contributed by atoms with Gasteiger partial charge in [-0.3, -0.25) is 4.79 Å². The summed E-state index contributed by atoms with van der Waals surface area (Å²) in [6.45, 7) is 6.44. The average molecular weight is 379 g/mol. The van der Waals surface area contributed by atoms with Gasteiger partial charge < -0.3 is 20.1 Å². The summed E-state index contributed by atoms with van der Waals surface area (Å²) in [6, 6.07) is 14.6. The topological polar surface area (TPSA) is 83.4 Å². The van der Waals surface area contributed by atoms with Gasteiger partial charge in [0.25, 0.3) is 5.91 Å². The summed E-state index contributed by atoms with van der Waals surface area (Å²) in [5.41, 5.74) is 2.63. The van der Waals surface area contributed by atoms with E-state index in [1.54, 1.807) is 31.4 Å². The Kier molecular flexibility index (Phi) is 7.46. The molecule has 0 bridgehead atoms. The van der Waals surface area contributed by atoms with E-state index in [-0.39, 0.29) is 11.6 Å². The molecule has 0 spiro atoms. The summed E-state index contributed by atoms with van der Waals surface area (Å²) >= 11 is 0. The number of carbonyl (C=O) groups is 1. The van der Waals surface area contributed by atoms with Crippen LogP contribution < -0.4 is 20.1 Å². The first-order valence-electron chi connectivity index (χ1n) is 9.03. The Hall–Kier alpha value is -3.46. The number of benzene rings is 2. The number of hydrogen-bond acceptors (Lipinski definition) is 5. The van der Waals surface area contributed by atoms with Crippen molar-refractivity contribution in [1.82, 2.24) is 5.32 Å². The van der Waals surface area contributed by atoms with Crippen LogP contribution in [0, 0.1) is 18.3 Å². The third-order valence-corrected chi connectivity index (χ3v) is 4.12. The normalized spacial score (nSPS) is 11.9. The molecule has 146 valence electrons. The smallest absolute Gasteiger partial charge is 0.267 e. The fraction of sp³-hybridized carbons (Fsp3) is 0.273. The molecular weight excluding hydrogens is 354 g/mol. The molecule has 6 heteroatoms. The number of carbonyl (C=O) groups excluding carboxylic acids is 1. The Morgan fingerprint density at radius 3 is 2.57 bits per heavy atom. The van der Waals surface area contributed by atoms with Crippen molar-refractivity contribution in [2.45, 2.75) is 26.8 Å². The van der Waals surface area contributed by atoms with Crippen LogP contribution in [-0.4, -0.2) is 19.6 Å². The van der Waals surface area contributed by atoms with Crippen molar-refractivity contribution in [1.29, 1.82) is 5.26 Å². The van der Waals surface area contributed by atoms with Gasteiger partial charge in [-0.25, -0.2) is 0 Å². The molecule has 0 heterocycles. The summed E-state index contributed by atoms with van der Waals surface area (Å²) in [5, 5.41) is 15.2. The van der Waals surface area contributed by atoms with Crippen molar-refractivity contribution in [3.05, 3.63) is 65.4 Å². The SMILES string of the molecule is CCOc1ccc(C)cc1C(C)N/C=C(/C#N)C(=O)Nc1ccc(OC)cc1. The zero-order valence-electron chi connectivity index (χ0n) is 16.6. The summed E-state index contributed by atoms with van der Waals surface area (Å²) in [6.07, 6.45) is 1.43.